The van der Waals surface area contributed by atoms with Gasteiger partial charge in [0.2, 0.25) is 0 Å². The van der Waals surface area contributed by atoms with E-state index in [0.29, 0.717) is 6.61 Å². The summed E-state index contributed by atoms with van der Waals surface area (Å²) in [6.45, 7) is 0.527. The van der Waals surface area contributed by atoms with Crippen molar-refractivity contribution in [3.05, 3.63) is 10.4 Å². The van der Waals surface area contributed by atoms with Gasteiger partial charge < -0.3 is 19.7 Å². The lowest BCUT2D eigenvalue weighted by Gasteiger charge is -2.35. The van der Waals surface area contributed by atoms with E-state index in [4.69, 9.17) is 15.0 Å². The molecule has 1 fully saturated rings. The molecule has 0 amide bonds. The zero-order valence-electron chi connectivity index (χ0n) is 10.7. The van der Waals surface area contributed by atoms with Gasteiger partial charge in [-0.05, 0) is 18.4 Å². The number of halogens is 1. The zero-order valence-corrected chi connectivity index (χ0v) is 12.3. The summed E-state index contributed by atoms with van der Waals surface area (Å²) in [7, 11) is 0. The van der Waals surface area contributed by atoms with E-state index in [2.05, 4.69) is 26.0 Å². The van der Waals surface area contributed by atoms with Crippen LogP contribution in [0.2, 0.25) is 0 Å². The maximum atomic E-state index is 9.79. The maximum Gasteiger partial charge on any atom is 0.185 e. The fourth-order valence-electron chi connectivity index (χ4n) is 1.84. The van der Waals surface area contributed by atoms with Crippen LogP contribution in [0.5, 0.6) is 0 Å². The number of alkyl halides is 1. The van der Waals surface area contributed by atoms with Gasteiger partial charge in [0, 0.05) is 16.8 Å². The van der Waals surface area contributed by atoms with E-state index in [1.807, 2.05) is 0 Å². The highest BCUT2D eigenvalue weighted by atomic mass is 79.9. The van der Waals surface area contributed by atoms with Crippen LogP contribution < -0.4 is 0 Å². The van der Waals surface area contributed by atoms with E-state index < -0.39 is 24.5 Å². The minimum absolute atomic E-state index is 0.0521. The van der Waals surface area contributed by atoms with Gasteiger partial charge in [0.05, 0.1) is 18.8 Å². The number of aliphatic hydroxyl groups is 2. The molecule has 1 saturated heterocycles. The largest absolute Gasteiger partial charge is 0.390 e. The summed E-state index contributed by atoms with van der Waals surface area (Å²) in [5.74, 6) is 0. The van der Waals surface area contributed by atoms with Gasteiger partial charge in [-0.2, -0.15) is 0 Å². The second-order valence-corrected chi connectivity index (χ2v) is 5.22. The lowest BCUT2D eigenvalue weighted by Crippen LogP contribution is -2.53. The quantitative estimate of drug-likeness (QED) is 0.231. The van der Waals surface area contributed by atoms with Crippen molar-refractivity contribution in [2.24, 2.45) is 5.11 Å². The van der Waals surface area contributed by atoms with Crippen molar-refractivity contribution in [3.8, 4) is 0 Å². The number of aliphatic hydroxyl groups excluding tert-OH is 2. The molecular formula is C11H20BrN3O4. The van der Waals surface area contributed by atoms with Gasteiger partial charge in [-0.3, -0.25) is 0 Å². The van der Waals surface area contributed by atoms with E-state index in [1.54, 1.807) is 0 Å². The predicted octanol–water partition coefficient (Wildman–Crippen LogP) is 1.72. The first-order valence-electron chi connectivity index (χ1n) is 6.40. The summed E-state index contributed by atoms with van der Waals surface area (Å²) in [6.07, 6.45) is 1.01. The number of rotatable bonds is 8. The molecule has 1 heterocycles. The van der Waals surface area contributed by atoms with Gasteiger partial charge in [0.15, 0.2) is 6.29 Å². The monoisotopic (exact) mass is 337 g/mol. The van der Waals surface area contributed by atoms with E-state index in [-0.39, 0.29) is 6.61 Å². The van der Waals surface area contributed by atoms with Crippen LogP contribution in [0.4, 0.5) is 0 Å². The minimum Gasteiger partial charge on any atom is -0.390 e. The molecule has 110 valence electrons. The second kappa shape index (κ2) is 9.52. The average Bonchev–Trinajstić information content (AvgIpc) is 2.41. The number of hydrogen-bond donors (Lipinski definition) is 2. The highest BCUT2D eigenvalue weighted by molar-refractivity contribution is 9.09. The van der Waals surface area contributed by atoms with E-state index in [9.17, 15) is 10.2 Å². The van der Waals surface area contributed by atoms with Gasteiger partial charge in [-0.25, -0.2) is 0 Å². The van der Waals surface area contributed by atoms with Crippen LogP contribution in [-0.4, -0.2) is 53.3 Å². The highest BCUT2D eigenvalue weighted by Gasteiger charge is 2.38. The standard InChI is InChI=1S/C11H20BrN3O4/c12-5-3-1-2-4-6-18-11-10(17)9(16)8(7-19-11)14-15-13/h8-11,16-17H,1-7H2/t8-,9-,10+,11+/m0/s1. The summed E-state index contributed by atoms with van der Waals surface area (Å²) in [5.41, 5.74) is 8.31. The van der Waals surface area contributed by atoms with Crippen molar-refractivity contribution in [2.75, 3.05) is 18.5 Å². The third-order valence-corrected chi connectivity index (χ3v) is 3.53. The molecule has 0 aromatic carbocycles. The van der Waals surface area contributed by atoms with Gasteiger partial charge >= 0.3 is 0 Å². The minimum atomic E-state index is -1.19. The average molecular weight is 338 g/mol. The molecule has 0 spiro atoms. The number of hydrogen-bond acceptors (Lipinski definition) is 5. The van der Waals surface area contributed by atoms with E-state index >= 15 is 0 Å². The van der Waals surface area contributed by atoms with Crippen LogP contribution >= 0.6 is 15.9 Å². The number of azide groups is 1. The molecule has 1 aliphatic heterocycles. The van der Waals surface area contributed by atoms with Crippen molar-refractivity contribution in [1.29, 1.82) is 0 Å². The van der Waals surface area contributed by atoms with E-state index in [1.165, 1.54) is 0 Å². The van der Waals surface area contributed by atoms with Crippen molar-refractivity contribution < 1.29 is 19.7 Å². The molecule has 0 unspecified atom stereocenters. The smallest absolute Gasteiger partial charge is 0.185 e. The Kier molecular flexibility index (Phi) is 8.36. The molecule has 1 rings (SSSR count). The van der Waals surface area contributed by atoms with Gasteiger partial charge in [-0.15, -0.1) is 0 Å². The zero-order chi connectivity index (χ0) is 14.1. The van der Waals surface area contributed by atoms with Gasteiger partial charge in [0.1, 0.15) is 6.10 Å². The Morgan fingerprint density at radius 2 is 2.00 bits per heavy atom. The molecule has 7 nitrogen and oxygen atoms in total. The van der Waals surface area contributed by atoms with Crippen molar-refractivity contribution in [1.82, 2.24) is 0 Å². The summed E-state index contributed by atoms with van der Waals surface area (Å²) < 4.78 is 10.6. The molecule has 4 atom stereocenters. The van der Waals surface area contributed by atoms with Crippen LogP contribution in [0, 0.1) is 0 Å². The Hall–Kier alpha value is -0.370. The van der Waals surface area contributed by atoms with Gasteiger partial charge in [0.25, 0.3) is 0 Å². The molecule has 0 radical (unpaired) electrons. The third-order valence-electron chi connectivity index (χ3n) is 2.96. The Balaban J connectivity index is 2.23. The first-order valence-corrected chi connectivity index (χ1v) is 7.52. The van der Waals surface area contributed by atoms with Gasteiger partial charge in [-0.1, -0.05) is 33.9 Å². The molecular weight excluding hydrogens is 318 g/mol. The van der Waals surface area contributed by atoms with Crippen LogP contribution in [-0.2, 0) is 9.47 Å². The highest BCUT2D eigenvalue weighted by Crippen LogP contribution is 2.19. The molecule has 1 aliphatic rings. The maximum absolute atomic E-state index is 9.79. The summed E-state index contributed by atoms with van der Waals surface area (Å²) in [5, 5.41) is 23.9. The Labute approximate surface area is 120 Å². The lowest BCUT2D eigenvalue weighted by atomic mass is 10.0. The molecule has 0 bridgehead atoms. The summed E-state index contributed by atoms with van der Waals surface area (Å²) in [6, 6.07) is -0.765. The molecule has 2 N–H and O–H groups in total. The first-order chi connectivity index (χ1) is 9.20. The summed E-state index contributed by atoms with van der Waals surface area (Å²) >= 11 is 3.37. The Morgan fingerprint density at radius 1 is 1.26 bits per heavy atom. The van der Waals surface area contributed by atoms with Crippen LogP contribution in [0.15, 0.2) is 5.11 Å². The molecule has 0 aromatic heterocycles. The number of ether oxygens (including phenoxy) is 2. The van der Waals surface area contributed by atoms with Crippen LogP contribution in [0.3, 0.4) is 0 Å². The van der Waals surface area contributed by atoms with Crippen molar-refractivity contribution >= 4 is 15.9 Å². The Morgan fingerprint density at radius 3 is 2.68 bits per heavy atom. The topological polar surface area (TPSA) is 108 Å². The molecule has 0 saturated carbocycles. The number of unbranched alkanes of at least 4 members (excludes halogenated alkanes) is 3. The van der Waals surface area contributed by atoms with Crippen molar-refractivity contribution in [2.45, 2.75) is 50.2 Å². The summed E-state index contributed by atoms with van der Waals surface area (Å²) in [4.78, 5) is 2.60. The third kappa shape index (κ3) is 5.64. The second-order valence-electron chi connectivity index (χ2n) is 4.43. The van der Waals surface area contributed by atoms with Crippen LogP contribution in [0.1, 0.15) is 25.7 Å². The fourth-order valence-corrected chi connectivity index (χ4v) is 2.24. The molecule has 8 heteroatoms. The SMILES string of the molecule is [N-]=[N+]=N[C@H]1CO[C@@H](OCCCCCCBr)[C@H](O)[C@H]1O. The van der Waals surface area contributed by atoms with E-state index in [0.717, 1.165) is 31.0 Å². The molecule has 19 heavy (non-hydrogen) atoms. The van der Waals surface area contributed by atoms with Crippen LogP contribution in [0.25, 0.3) is 10.4 Å². The molecule has 0 aromatic rings. The fraction of sp³-hybridized carbons (Fsp3) is 1.00. The van der Waals surface area contributed by atoms with Crippen molar-refractivity contribution in [3.63, 3.8) is 0 Å². The first kappa shape index (κ1) is 16.7. The number of nitrogens with zero attached hydrogens (tertiary/aromatic N) is 3. The predicted molar refractivity (Wildman–Crippen MR) is 72.9 cm³/mol. The Bertz CT molecular complexity index is 302. The lowest BCUT2D eigenvalue weighted by molar-refractivity contribution is -0.247. The normalized spacial score (nSPS) is 30.9. The molecule has 0 aliphatic carbocycles.